The van der Waals surface area contributed by atoms with Crippen LogP contribution in [-0.2, 0) is 17.8 Å². The summed E-state index contributed by atoms with van der Waals surface area (Å²) in [7, 11) is 0. The van der Waals surface area contributed by atoms with Crippen LogP contribution < -0.4 is 5.73 Å². The van der Waals surface area contributed by atoms with Crippen molar-refractivity contribution in [2.24, 2.45) is 45.4 Å². The normalized spacial score (nSPS) is 43.4. The van der Waals surface area contributed by atoms with Crippen LogP contribution in [0.5, 0.6) is 0 Å². The monoisotopic (exact) mass is 429 g/mol. The van der Waals surface area contributed by atoms with Crippen molar-refractivity contribution in [3.05, 3.63) is 17.5 Å². The fourth-order valence-electron chi connectivity index (χ4n) is 7.97. The summed E-state index contributed by atoms with van der Waals surface area (Å²) in [6.45, 7) is 5.84. The molecule has 4 fully saturated rings. The average Bonchev–Trinajstić information content (AvgIpc) is 3.35. The number of fused-ring (bicyclic) bond motifs is 5. The molecule has 5 rings (SSSR count). The maximum absolute atomic E-state index is 10.7. The van der Waals surface area contributed by atoms with Crippen LogP contribution in [-0.4, -0.2) is 28.7 Å². The summed E-state index contributed by atoms with van der Waals surface area (Å²) in [5.74, 6) is 3.80. The molecule has 31 heavy (non-hydrogen) atoms. The van der Waals surface area contributed by atoms with Crippen LogP contribution in [0.15, 0.2) is 15.7 Å². The fourth-order valence-corrected chi connectivity index (χ4v) is 7.97. The quantitative estimate of drug-likeness (QED) is 0.533. The Morgan fingerprint density at radius 2 is 2.00 bits per heavy atom. The third-order valence-electron chi connectivity index (χ3n) is 9.90. The fraction of sp³-hybridized carbons (Fsp3) is 0.840. The molecule has 0 radical (unpaired) electrons. The number of aromatic nitrogens is 1. The minimum absolute atomic E-state index is 0.0784. The van der Waals surface area contributed by atoms with E-state index < -0.39 is 0 Å². The van der Waals surface area contributed by atoms with Crippen LogP contribution in [0.2, 0.25) is 0 Å². The van der Waals surface area contributed by atoms with Gasteiger partial charge in [-0.2, -0.15) is 0 Å². The number of oxime groups is 1. The molecule has 172 valence electrons. The van der Waals surface area contributed by atoms with Crippen LogP contribution in [0.4, 0.5) is 0 Å². The number of nitrogens with two attached hydrogens (primary N) is 1. The first-order valence-corrected chi connectivity index (χ1v) is 12.4. The molecule has 0 saturated heterocycles. The molecule has 1 aromatic heterocycles. The van der Waals surface area contributed by atoms with Gasteiger partial charge >= 0.3 is 0 Å². The van der Waals surface area contributed by atoms with Gasteiger partial charge < -0.3 is 20.2 Å². The molecule has 1 heterocycles. The van der Waals surface area contributed by atoms with E-state index in [4.69, 9.17) is 15.1 Å². The Kier molecular flexibility index (Phi) is 5.66. The van der Waals surface area contributed by atoms with E-state index in [0.717, 1.165) is 48.6 Å². The molecule has 6 nitrogen and oxygen atoms in total. The lowest BCUT2D eigenvalue weighted by Crippen LogP contribution is -2.54. The van der Waals surface area contributed by atoms with Crippen molar-refractivity contribution < 1.29 is 14.5 Å². The summed E-state index contributed by atoms with van der Waals surface area (Å²) in [5, 5.41) is 19.2. The summed E-state index contributed by atoms with van der Waals surface area (Å²) in [6.07, 6.45) is 11.4. The van der Waals surface area contributed by atoms with Crippen LogP contribution in [0.3, 0.4) is 0 Å². The molecular weight excluding hydrogens is 390 g/mol. The lowest BCUT2D eigenvalue weighted by molar-refractivity contribution is -0.112. The van der Waals surface area contributed by atoms with Gasteiger partial charge in [0.1, 0.15) is 6.61 Å². The van der Waals surface area contributed by atoms with E-state index in [9.17, 15) is 5.11 Å². The zero-order valence-electron chi connectivity index (χ0n) is 19.2. The predicted molar refractivity (Wildman–Crippen MR) is 119 cm³/mol. The van der Waals surface area contributed by atoms with Crippen molar-refractivity contribution >= 4 is 5.71 Å². The lowest BCUT2D eigenvalue weighted by atomic mass is 9.45. The Bertz CT molecular complexity index is 823. The smallest absolute Gasteiger partial charge is 0.150 e. The summed E-state index contributed by atoms with van der Waals surface area (Å²) in [4.78, 5) is 5.67. The summed E-state index contributed by atoms with van der Waals surface area (Å²) >= 11 is 0. The van der Waals surface area contributed by atoms with Gasteiger partial charge in [-0.1, -0.05) is 24.2 Å². The van der Waals surface area contributed by atoms with Gasteiger partial charge in [-0.15, -0.1) is 0 Å². The second-order valence-electron chi connectivity index (χ2n) is 11.2. The predicted octanol–water partition coefficient (Wildman–Crippen LogP) is 4.45. The molecule has 0 aliphatic heterocycles. The molecule has 1 aromatic rings. The molecule has 7 atom stereocenters. The highest BCUT2D eigenvalue weighted by atomic mass is 16.6. The Morgan fingerprint density at radius 1 is 1.16 bits per heavy atom. The minimum atomic E-state index is -0.0784. The van der Waals surface area contributed by atoms with Gasteiger partial charge in [-0.25, -0.2) is 0 Å². The molecule has 0 spiro atoms. The van der Waals surface area contributed by atoms with Gasteiger partial charge in [0.25, 0.3) is 0 Å². The van der Waals surface area contributed by atoms with Crippen LogP contribution in [0, 0.1) is 34.5 Å². The first kappa shape index (κ1) is 21.4. The molecule has 0 bridgehead atoms. The van der Waals surface area contributed by atoms with Crippen LogP contribution in [0.1, 0.15) is 83.1 Å². The van der Waals surface area contributed by atoms with Crippen molar-refractivity contribution in [2.45, 2.75) is 90.7 Å². The van der Waals surface area contributed by atoms with E-state index in [0.29, 0.717) is 30.7 Å². The number of aliphatic hydroxyl groups is 1. The van der Waals surface area contributed by atoms with Crippen LogP contribution >= 0.6 is 0 Å². The second-order valence-corrected chi connectivity index (χ2v) is 11.2. The molecule has 6 heteroatoms. The molecule has 0 amide bonds. The Morgan fingerprint density at radius 3 is 2.81 bits per heavy atom. The third-order valence-corrected chi connectivity index (χ3v) is 9.90. The minimum Gasteiger partial charge on any atom is -0.395 e. The summed E-state index contributed by atoms with van der Waals surface area (Å²) in [6, 6.07) is 1.89. The van der Waals surface area contributed by atoms with Crippen molar-refractivity contribution in [1.29, 1.82) is 0 Å². The Balaban J connectivity index is 1.19. The summed E-state index contributed by atoms with van der Waals surface area (Å²) in [5.41, 5.74) is 8.27. The third kappa shape index (κ3) is 3.64. The van der Waals surface area contributed by atoms with Gasteiger partial charge in [0, 0.05) is 12.5 Å². The Labute approximate surface area is 185 Å². The van der Waals surface area contributed by atoms with E-state index in [1.54, 1.807) is 0 Å². The average molecular weight is 430 g/mol. The molecule has 0 aromatic carbocycles. The maximum Gasteiger partial charge on any atom is 0.150 e. The standard InChI is InChI=1S/C25H39N3O3/c1-24-10-7-17(27-30-12-9-18-14-19(15-26)31-28-18)13-16(24)3-4-20-21-5-6-23(29)25(21,2)11-8-22(20)24/h14,16,20-23,29H,3-13,15,26H2,1-2H3. The highest BCUT2D eigenvalue weighted by Gasteiger charge is 2.59. The Hall–Kier alpha value is -1.40. The maximum atomic E-state index is 10.7. The largest absolute Gasteiger partial charge is 0.395 e. The van der Waals surface area contributed by atoms with Crippen molar-refractivity contribution in [3.63, 3.8) is 0 Å². The van der Waals surface area contributed by atoms with E-state index in [1.807, 2.05) is 6.07 Å². The molecule has 4 aliphatic carbocycles. The SMILES string of the molecule is CC12CCC3C(CCC4CC(=NOCCc5cc(CN)on5)CCC43C)C1CCC2O. The van der Waals surface area contributed by atoms with E-state index in [-0.39, 0.29) is 11.5 Å². The number of hydrogen-bond acceptors (Lipinski definition) is 6. The van der Waals surface area contributed by atoms with Gasteiger partial charge in [-0.3, -0.25) is 0 Å². The van der Waals surface area contributed by atoms with Crippen molar-refractivity contribution in [2.75, 3.05) is 6.61 Å². The van der Waals surface area contributed by atoms with E-state index in [1.165, 1.54) is 44.2 Å². The van der Waals surface area contributed by atoms with E-state index in [2.05, 4.69) is 24.2 Å². The molecule has 4 aliphatic rings. The number of aliphatic hydroxyl groups excluding tert-OH is 1. The topological polar surface area (TPSA) is 93.9 Å². The zero-order valence-corrected chi connectivity index (χ0v) is 19.2. The first-order valence-electron chi connectivity index (χ1n) is 12.4. The molecule has 4 saturated carbocycles. The van der Waals surface area contributed by atoms with Gasteiger partial charge in [0.05, 0.1) is 24.1 Å². The molecule has 3 N–H and O–H groups in total. The first-order chi connectivity index (χ1) is 14.9. The van der Waals surface area contributed by atoms with Gasteiger partial charge in [-0.05, 0) is 92.3 Å². The molecular formula is C25H39N3O3. The highest BCUT2D eigenvalue weighted by molar-refractivity contribution is 5.85. The number of hydrogen-bond donors (Lipinski definition) is 2. The highest BCUT2D eigenvalue weighted by Crippen LogP contribution is 2.65. The second kappa shape index (κ2) is 8.18. The van der Waals surface area contributed by atoms with Crippen molar-refractivity contribution in [3.8, 4) is 0 Å². The van der Waals surface area contributed by atoms with Crippen molar-refractivity contribution in [1.82, 2.24) is 5.16 Å². The number of nitrogens with zero attached hydrogens (tertiary/aromatic N) is 2. The summed E-state index contributed by atoms with van der Waals surface area (Å²) < 4.78 is 5.13. The molecule has 7 unspecified atom stereocenters. The lowest BCUT2D eigenvalue weighted by Gasteiger charge is -2.60. The number of rotatable bonds is 5. The zero-order chi connectivity index (χ0) is 21.6. The van der Waals surface area contributed by atoms with Gasteiger partial charge in [0.2, 0.25) is 0 Å². The van der Waals surface area contributed by atoms with E-state index >= 15 is 0 Å². The van der Waals surface area contributed by atoms with Gasteiger partial charge in [0.15, 0.2) is 5.76 Å². The van der Waals surface area contributed by atoms with Crippen LogP contribution in [0.25, 0.3) is 0 Å².